The second kappa shape index (κ2) is 20.1. The van der Waals surface area contributed by atoms with Crippen molar-refractivity contribution in [2.75, 3.05) is 48.8 Å². The van der Waals surface area contributed by atoms with Crippen molar-refractivity contribution < 1.29 is 4.79 Å². The number of rotatable bonds is 2. The van der Waals surface area contributed by atoms with E-state index in [1.54, 1.807) is 0 Å². The minimum atomic E-state index is -0.109. The van der Waals surface area contributed by atoms with E-state index in [9.17, 15) is 4.79 Å². The summed E-state index contributed by atoms with van der Waals surface area (Å²) in [5, 5.41) is 2.54. The average molecular weight is 298 g/mol. The summed E-state index contributed by atoms with van der Waals surface area (Å²) >= 11 is 0. The largest absolute Gasteiger partial charge is 0.353 e. The van der Waals surface area contributed by atoms with Gasteiger partial charge in [-0.2, -0.15) is 0 Å². The van der Waals surface area contributed by atoms with Crippen molar-refractivity contribution in [1.82, 2.24) is 15.1 Å². The highest BCUT2D eigenvalue weighted by Gasteiger charge is 1.83. The van der Waals surface area contributed by atoms with Gasteiger partial charge >= 0.3 is 0 Å². The molecule has 100 valence electrons. The number of halogens is 1. The molecule has 0 aliphatic heterocycles. The zero-order chi connectivity index (χ0) is 12.9. The molecule has 16 heavy (non-hydrogen) atoms. The lowest BCUT2D eigenvalue weighted by Gasteiger charge is -1.90. The number of hydrogen-bond acceptors (Lipinski definition) is 3. The van der Waals surface area contributed by atoms with Crippen LogP contribution in [0.5, 0.6) is 0 Å². The van der Waals surface area contributed by atoms with Crippen LogP contribution in [0.3, 0.4) is 0 Å². The number of nitrogens with zero attached hydrogens (tertiary/aromatic N) is 2. The van der Waals surface area contributed by atoms with Crippen LogP contribution in [-0.4, -0.2) is 64.5 Å². The third kappa shape index (κ3) is 102. The van der Waals surface area contributed by atoms with Gasteiger partial charge in [-0.05, 0) is 55.3 Å². The summed E-state index contributed by atoms with van der Waals surface area (Å²) in [6.45, 7) is 5.80. The van der Waals surface area contributed by atoms with Crippen molar-refractivity contribution in [3.05, 3.63) is 12.7 Å². The SMILES string of the molecule is Br.C=CC(=O)NCC.CN(C)C.CN(C)C. The molecule has 0 atom stereocenters. The highest BCUT2D eigenvalue weighted by Crippen LogP contribution is 1.61. The van der Waals surface area contributed by atoms with Gasteiger partial charge in [-0.1, -0.05) is 6.58 Å². The summed E-state index contributed by atoms with van der Waals surface area (Å²) in [6, 6.07) is 0. The molecule has 0 saturated carbocycles. The van der Waals surface area contributed by atoms with Gasteiger partial charge in [0.05, 0.1) is 0 Å². The van der Waals surface area contributed by atoms with E-state index in [1.807, 2.05) is 59.0 Å². The molecule has 1 amide bonds. The molecular formula is C11H28BrN3O. The number of hydrogen-bond donors (Lipinski definition) is 1. The van der Waals surface area contributed by atoms with E-state index in [1.165, 1.54) is 6.08 Å². The van der Waals surface area contributed by atoms with E-state index in [-0.39, 0.29) is 22.9 Å². The van der Waals surface area contributed by atoms with Crippen LogP contribution in [0.4, 0.5) is 0 Å². The Bertz CT molecular complexity index is 139. The van der Waals surface area contributed by atoms with E-state index in [4.69, 9.17) is 0 Å². The normalized spacial score (nSPS) is 7.81. The Labute approximate surface area is 111 Å². The summed E-state index contributed by atoms with van der Waals surface area (Å²) in [4.78, 5) is 14.2. The summed E-state index contributed by atoms with van der Waals surface area (Å²) in [7, 11) is 12.0. The first kappa shape index (κ1) is 24.7. The second-order valence-electron chi connectivity index (χ2n) is 3.78. The van der Waals surface area contributed by atoms with Gasteiger partial charge in [0.25, 0.3) is 0 Å². The van der Waals surface area contributed by atoms with E-state index >= 15 is 0 Å². The Morgan fingerprint density at radius 2 is 1.38 bits per heavy atom. The number of amides is 1. The summed E-state index contributed by atoms with van der Waals surface area (Å²) in [6.07, 6.45) is 1.25. The Kier molecular flexibility index (Phi) is 31.0. The molecule has 0 radical (unpaired) electrons. The van der Waals surface area contributed by atoms with Gasteiger partial charge in [0.2, 0.25) is 5.91 Å². The molecular weight excluding hydrogens is 270 g/mol. The third-order valence-corrected chi connectivity index (χ3v) is 0.536. The predicted octanol–water partition coefficient (Wildman–Crippen LogP) is 1.24. The van der Waals surface area contributed by atoms with Crippen molar-refractivity contribution in [3.63, 3.8) is 0 Å². The van der Waals surface area contributed by atoms with E-state index in [2.05, 4.69) is 11.9 Å². The number of carbonyl (C=O) groups excluding carboxylic acids is 1. The fourth-order valence-corrected chi connectivity index (χ4v) is 0.246. The second-order valence-corrected chi connectivity index (χ2v) is 3.78. The van der Waals surface area contributed by atoms with Gasteiger partial charge in [-0.15, -0.1) is 17.0 Å². The van der Waals surface area contributed by atoms with Crippen LogP contribution in [-0.2, 0) is 4.79 Å². The minimum Gasteiger partial charge on any atom is -0.353 e. The van der Waals surface area contributed by atoms with Crippen LogP contribution in [0.15, 0.2) is 12.7 Å². The maximum absolute atomic E-state index is 10.2. The Balaban J connectivity index is -0.0000000700. The number of nitrogens with one attached hydrogen (secondary N) is 1. The highest BCUT2D eigenvalue weighted by atomic mass is 79.9. The van der Waals surface area contributed by atoms with Crippen LogP contribution in [0.25, 0.3) is 0 Å². The molecule has 0 saturated heterocycles. The third-order valence-electron chi connectivity index (χ3n) is 0.536. The molecule has 5 heteroatoms. The first-order valence-electron chi connectivity index (χ1n) is 4.89. The van der Waals surface area contributed by atoms with Crippen molar-refractivity contribution in [2.24, 2.45) is 0 Å². The van der Waals surface area contributed by atoms with Crippen molar-refractivity contribution in [2.45, 2.75) is 6.92 Å². The fourth-order valence-electron chi connectivity index (χ4n) is 0.246. The van der Waals surface area contributed by atoms with Crippen molar-refractivity contribution in [1.29, 1.82) is 0 Å². The summed E-state index contributed by atoms with van der Waals surface area (Å²) in [5.41, 5.74) is 0. The summed E-state index contributed by atoms with van der Waals surface area (Å²) < 4.78 is 0. The Morgan fingerprint density at radius 3 is 1.44 bits per heavy atom. The lowest BCUT2D eigenvalue weighted by atomic mass is 10.6. The average Bonchev–Trinajstić information content (AvgIpc) is 2.02. The molecule has 0 fully saturated rings. The van der Waals surface area contributed by atoms with E-state index in [0.717, 1.165) is 0 Å². The standard InChI is InChI=1S/C5H9NO.2C3H9N.BrH/c1-3-5(7)6-4-2;2*1-4(2)3;/h3H,1,4H2,2H3,(H,6,7);2*1-3H3;1H. The van der Waals surface area contributed by atoms with Crippen LogP contribution >= 0.6 is 17.0 Å². The Morgan fingerprint density at radius 1 is 1.12 bits per heavy atom. The zero-order valence-corrected chi connectivity index (χ0v) is 13.4. The quantitative estimate of drug-likeness (QED) is 0.779. The van der Waals surface area contributed by atoms with Gasteiger partial charge in [0.1, 0.15) is 0 Å². The maximum atomic E-state index is 10.2. The first-order valence-corrected chi connectivity index (χ1v) is 4.89. The number of likely N-dealkylation sites (N-methyl/N-ethyl adjacent to an activating group) is 1. The molecule has 0 bridgehead atoms. The molecule has 0 aromatic carbocycles. The van der Waals surface area contributed by atoms with Crippen LogP contribution < -0.4 is 5.32 Å². The predicted molar refractivity (Wildman–Crippen MR) is 78.4 cm³/mol. The summed E-state index contributed by atoms with van der Waals surface area (Å²) in [5.74, 6) is -0.109. The lowest BCUT2D eigenvalue weighted by Crippen LogP contribution is -2.19. The number of carbonyl (C=O) groups is 1. The smallest absolute Gasteiger partial charge is 0.243 e. The molecule has 0 heterocycles. The molecule has 4 nitrogen and oxygen atoms in total. The Hall–Kier alpha value is -0.390. The molecule has 0 aromatic heterocycles. The zero-order valence-electron chi connectivity index (χ0n) is 11.7. The van der Waals surface area contributed by atoms with Gasteiger partial charge < -0.3 is 15.1 Å². The van der Waals surface area contributed by atoms with Crippen LogP contribution in [0, 0.1) is 0 Å². The van der Waals surface area contributed by atoms with E-state index < -0.39 is 0 Å². The van der Waals surface area contributed by atoms with Crippen molar-refractivity contribution >= 4 is 22.9 Å². The van der Waals surface area contributed by atoms with Gasteiger partial charge in [-0.3, -0.25) is 4.79 Å². The first-order chi connectivity index (χ1) is 6.77. The van der Waals surface area contributed by atoms with Gasteiger partial charge in [0.15, 0.2) is 0 Å². The molecule has 0 rings (SSSR count). The van der Waals surface area contributed by atoms with Gasteiger partial charge in [-0.25, -0.2) is 0 Å². The van der Waals surface area contributed by atoms with E-state index in [0.29, 0.717) is 6.54 Å². The molecule has 0 aromatic rings. The molecule has 0 aliphatic rings. The maximum Gasteiger partial charge on any atom is 0.243 e. The molecule has 0 unspecified atom stereocenters. The molecule has 1 N–H and O–H groups in total. The highest BCUT2D eigenvalue weighted by molar-refractivity contribution is 8.93. The monoisotopic (exact) mass is 297 g/mol. The van der Waals surface area contributed by atoms with Crippen LogP contribution in [0.2, 0.25) is 0 Å². The topological polar surface area (TPSA) is 35.6 Å². The lowest BCUT2D eigenvalue weighted by molar-refractivity contribution is -0.116. The molecule has 0 spiro atoms. The van der Waals surface area contributed by atoms with Crippen molar-refractivity contribution in [3.8, 4) is 0 Å². The minimum absolute atomic E-state index is 0. The molecule has 0 aliphatic carbocycles. The van der Waals surface area contributed by atoms with Crippen LogP contribution in [0.1, 0.15) is 6.92 Å². The fraction of sp³-hybridized carbons (Fsp3) is 0.727. The van der Waals surface area contributed by atoms with Gasteiger partial charge in [0, 0.05) is 6.54 Å².